The van der Waals surface area contributed by atoms with Crippen LogP contribution in [-0.2, 0) is 6.42 Å². The van der Waals surface area contributed by atoms with Crippen LogP contribution in [0.2, 0.25) is 0 Å². The van der Waals surface area contributed by atoms with E-state index in [0.29, 0.717) is 6.04 Å². The van der Waals surface area contributed by atoms with Crippen molar-refractivity contribution < 1.29 is 0 Å². The molecule has 1 nitrogen and oxygen atoms in total. The smallest absolute Gasteiger partial charge is 0.0136 e. The maximum atomic E-state index is 6.03. The summed E-state index contributed by atoms with van der Waals surface area (Å²) >= 11 is 1.84. The molecular weight excluding hydrogens is 190 g/mol. The molecule has 2 rings (SSSR count). The minimum atomic E-state index is 0.364. The van der Waals surface area contributed by atoms with Gasteiger partial charge >= 0.3 is 0 Å². The fourth-order valence-corrected chi connectivity index (χ4v) is 2.78. The van der Waals surface area contributed by atoms with Gasteiger partial charge in [0.15, 0.2) is 0 Å². The molecule has 0 radical (unpaired) electrons. The molecule has 2 unspecified atom stereocenters. The highest BCUT2D eigenvalue weighted by Crippen LogP contribution is 2.37. The molecule has 1 aliphatic rings. The SMILES string of the molecule is CSCC(N)CC1Cc2ccccc21. The molecule has 0 fully saturated rings. The van der Waals surface area contributed by atoms with Gasteiger partial charge in [-0.25, -0.2) is 0 Å². The van der Waals surface area contributed by atoms with Crippen LogP contribution in [0.15, 0.2) is 24.3 Å². The fourth-order valence-electron chi connectivity index (χ4n) is 2.22. The molecule has 0 aromatic heterocycles. The Morgan fingerprint density at radius 2 is 2.29 bits per heavy atom. The zero-order chi connectivity index (χ0) is 9.97. The van der Waals surface area contributed by atoms with Gasteiger partial charge in [0.1, 0.15) is 0 Å². The molecule has 1 aliphatic carbocycles. The van der Waals surface area contributed by atoms with Gasteiger partial charge in [0.25, 0.3) is 0 Å². The van der Waals surface area contributed by atoms with E-state index in [1.54, 1.807) is 0 Å². The Labute approximate surface area is 90.1 Å². The molecule has 0 amide bonds. The highest BCUT2D eigenvalue weighted by molar-refractivity contribution is 7.98. The lowest BCUT2D eigenvalue weighted by atomic mass is 9.75. The third-order valence-corrected chi connectivity index (χ3v) is 3.69. The quantitative estimate of drug-likeness (QED) is 0.820. The second-order valence-electron chi connectivity index (χ2n) is 4.05. The predicted molar refractivity (Wildman–Crippen MR) is 63.9 cm³/mol. The first kappa shape index (κ1) is 10.1. The number of benzene rings is 1. The van der Waals surface area contributed by atoms with E-state index in [1.807, 2.05) is 11.8 Å². The van der Waals surface area contributed by atoms with Gasteiger partial charge in [-0.05, 0) is 36.1 Å². The summed E-state index contributed by atoms with van der Waals surface area (Å²) in [5, 5.41) is 0. The van der Waals surface area contributed by atoms with Gasteiger partial charge in [-0.15, -0.1) is 0 Å². The lowest BCUT2D eigenvalue weighted by molar-refractivity contribution is 0.511. The van der Waals surface area contributed by atoms with Crippen molar-refractivity contribution >= 4 is 11.8 Å². The van der Waals surface area contributed by atoms with E-state index < -0.39 is 0 Å². The maximum Gasteiger partial charge on any atom is 0.0136 e. The average Bonchev–Trinajstić information content (AvgIpc) is 2.15. The number of hydrogen-bond acceptors (Lipinski definition) is 2. The van der Waals surface area contributed by atoms with Crippen molar-refractivity contribution in [2.24, 2.45) is 5.73 Å². The monoisotopic (exact) mass is 207 g/mol. The average molecular weight is 207 g/mol. The number of hydrogen-bond donors (Lipinski definition) is 1. The zero-order valence-electron chi connectivity index (χ0n) is 8.57. The molecule has 2 N–H and O–H groups in total. The van der Waals surface area contributed by atoms with Crippen LogP contribution < -0.4 is 5.73 Å². The van der Waals surface area contributed by atoms with Crippen LogP contribution in [0.1, 0.15) is 23.5 Å². The van der Waals surface area contributed by atoms with Gasteiger partial charge in [0, 0.05) is 11.8 Å². The van der Waals surface area contributed by atoms with Crippen LogP contribution >= 0.6 is 11.8 Å². The molecular formula is C12H17NS. The van der Waals surface area contributed by atoms with E-state index in [4.69, 9.17) is 5.73 Å². The number of rotatable bonds is 4. The highest BCUT2D eigenvalue weighted by Gasteiger charge is 2.26. The number of thioether (sulfide) groups is 1. The summed E-state index contributed by atoms with van der Waals surface area (Å²) in [5.41, 5.74) is 9.08. The van der Waals surface area contributed by atoms with Crippen LogP contribution in [0, 0.1) is 0 Å². The molecule has 0 aliphatic heterocycles. The van der Waals surface area contributed by atoms with Crippen LogP contribution in [-0.4, -0.2) is 18.1 Å². The van der Waals surface area contributed by atoms with Crippen LogP contribution in [0.4, 0.5) is 0 Å². The minimum absolute atomic E-state index is 0.364. The van der Waals surface area contributed by atoms with Crippen molar-refractivity contribution in [1.82, 2.24) is 0 Å². The third kappa shape index (κ3) is 1.96. The van der Waals surface area contributed by atoms with Crippen LogP contribution in [0.25, 0.3) is 0 Å². The van der Waals surface area contributed by atoms with Gasteiger partial charge in [-0.2, -0.15) is 11.8 Å². The molecule has 1 aromatic carbocycles. The molecule has 14 heavy (non-hydrogen) atoms. The summed E-state index contributed by atoms with van der Waals surface area (Å²) < 4.78 is 0. The molecule has 2 atom stereocenters. The number of nitrogens with two attached hydrogens (primary N) is 1. The summed E-state index contributed by atoms with van der Waals surface area (Å²) in [4.78, 5) is 0. The van der Waals surface area contributed by atoms with Gasteiger partial charge in [-0.3, -0.25) is 0 Å². The summed E-state index contributed by atoms with van der Waals surface area (Å²) in [6.07, 6.45) is 4.50. The van der Waals surface area contributed by atoms with E-state index in [9.17, 15) is 0 Å². The number of fused-ring (bicyclic) bond motifs is 1. The molecule has 2 heteroatoms. The van der Waals surface area contributed by atoms with Crippen molar-refractivity contribution in [1.29, 1.82) is 0 Å². The Morgan fingerprint density at radius 1 is 1.50 bits per heavy atom. The molecule has 0 heterocycles. The van der Waals surface area contributed by atoms with Gasteiger partial charge in [0.2, 0.25) is 0 Å². The summed E-state index contributed by atoms with van der Waals surface area (Å²) in [6, 6.07) is 9.09. The molecule has 0 saturated heterocycles. The Balaban J connectivity index is 1.92. The summed E-state index contributed by atoms with van der Waals surface area (Å²) in [7, 11) is 0. The lowest BCUT2D eigenvalue weighted by Crippen LogP contribution is -2.29. The van der Waals surface area contributed by atoms with E-state index >= 15 is 0 Å². The molecule has 76 valence electrons. The van der Waals surface area contributed by atoms with E-state index in [1.165, 1.54) is 17.5 Å². The molecule has 1 aromatic rings. The second kappa shape index (κ2) is 4.37. The van der Waals surface area contributed by atoms with Crippen molar-refractivity contribution in [2.45, 2.75) is 24.8 Å². The Hall–Kier alpha value is -0.470. The molecule has 0 saturated carbocycles. The van der Waals surface area contributed by atoms with Crippen molar-refractivity contribution in [3.8, 4) is 0 Å². The second-order valence-corrected chi connectivity index (χ2v) is 4.96. The van der Waals surface area contributed by atoms with Gasteiger partial charge < -0.3 is 5.73 Å². The first-order valence-electron chi connectivity index (χ1n) is 5.13. The molecule has 0 spiro atoms. The van der Waals surface area contributed by atoms with Crippen molar-refractivity contribution in [3.63, 3.8) is 0 Å². The van der Waals surface area contributed by atoms with Crippen molar-refractivity contribution in [3.05, 3.63) is 35.4 Å². The third-order valence-electron chi connectivity index (χ3n) is 2.93. The predicted octanol–water partition coefficient (Wildman–Crippen LogP) is 2.41. The largest absolute Gasteiger partial charge is 0.327 e. The van der Waals surface area contributed by atoms with E-state index in [0.717, 1.165) is 18.1 Å². The van der Waals surface area contributed by atoms with Crippen LogP contribution in [0.5, 0.6) is 0 Å². The summed E-state index contributed by atoms with van der Waals surface area (Å²) in [6.45, 7) is 0. The fraction of sp³-hybridized carbons (Fsp3) is 0.500. The minimum Gasteiger partial charge on any atom is -0.327 e. The van der Waals surface area contributed by atoms with Crippen LogP contribution in [0.3, 0.4) is 0 Å². The van der Waals surface area contributed by atoms with E-state index in [-0.39, 0.29) is 0 Å². The van der Waals surface area contributed by atoms with Gasteiger partial charge in [0.05, 0.1) is 0 Å². The first-order valence-corrected chi connectivity index (χ1v) is 6.53. The molecule has 0 bridgehead atoms. The zero-order valence-corrected chi connectivity index (χ0v) is 9.39. The highest BCUT2D eigenvalue weighted by atomic mass is 32.2. The Bertz CT molecular complexity index is 311. The maximum absolute atomic E-state index is 6.03. The standard InChI is InChI=1S/C12H17NS/c1-14-8-11(13)7-10-6-9-4-2-3-5-12(9)10/h2-5,10-11H,6-8,13H2,1H3. The van der Waals surface area contributed by atoms with Gasteiger partial charge in [-0.1, -0.05) is 24.3 Å². The Kier molecular flexibility index (Phi) is 3.14. The lowest BCUT2D eigenvalue weighted by Gasteiger charge is -2.31. The Morgan fingerprint density at radius 3 is 3.00 bits per heavy atom. The topological polar surface area (TPSA) is 26.0 Å². The normalized spacial score (nSPS) is 21.1. The van der Waals surface area contributed by atoms with Crippen molar-refractivity contribution in [2.75, 3.05) is 12.0 Å². The summed E-state index contributed by atoms with van der Waals surface area (Å²) in [5.74, 6) is 1.81. The van der Waals surface area contributed by atoms with E-state index in [2.05, 4.69) is 30.5 Å². The first-order chi connectivity index (χ1) is 6.81.